The molecule has 14 heteroatoms. The van der Waals surface area contributed by atoms with Gasteiger partial charge >= 0.3 is 12.4 Å². The largest absolute Gasteiger partial charge is 0.416 e. The standard InChI is InChI=1S/C25H20F6N4O3S/c26-24(27,28)17-3-2-15(19(9-17)25(29,30)31)11-35-20-4-1-14(7-16(20)10-32-35)8-21-22(37)33-23(39-21)34-5-6-38-18(12-34)13-36/h1-4,7-10,18,36H,5-6,11-13H2/b21-8-/t18-/m1/s1. The van der Waals surface area contributed by atoms with E-state index in [0.717, 1.165) is 6.07 Å². The number of carbonyl (C=O) groups is 1. The Balaban J connectivity index is 1.36. The van der Waals surface area contributed by atoms with Gasteiger partial charge < -0.3 is 14.7 Å². The number of amides is 1. The molecule has 0 bridgehead atoms. The Morgan fingerprint density at radius 3 is 2.62 bits per heavy atom. The van der Waals surface area contributed by atoms with Crippen molar-refractivity contribution in [3.05, 3.63) is 69.8 Å². The van der Waals surface area contributed by atoms with Crippen LogP contribution in [0.4, 0.5) is 26.3 Å². The molecular weight excluding hydrogens is 550 g/mol. The van der Waals surface area contributed by atoms with Crippen molar-refractivity contribution in [2.24, 2.45) is 4.99 Å². The summed E-state index contributed by atoms with van der Waals surface area (Å²) in [7, 11) is 0. The van der Waals surface area contributed by atoms with Gasteiger partial charge in [0.1, 0.15) is 0 Å². The average molecular weight is 571 g/mol. The Morgan fingerprint density at radius 2 is 1.90 bits per heavy atom. The number of halogens is 6. The van der Waals surface area contributed by atoms with Crippen LogP contribution in [-0.4, -0.2) is 63.3 Å². The third kappa shape index (κ3) is 5.82. The molecule has 1 aromatic heterocycles. The maximum atomic E-state index is 13.6. The minimum absolute atomic E-state index is 0.110. The zero-order valence-corrected chi connectivity index (χ0v) is 20.8. The van der Waals surface area contributed by atoms with Crippen molar-refractivity contribution in [3.8, 4) is 0 Å². The molecule has 3 aromatic rings. The highest BCUT2D eigenvalue weighted by Gasteiger charge is 2.38. The highest BCUT2D eigenvalue weighted by Crippen LogP contribution is 2.38. The van der Waals surface area contributed by atoms with E-state index < -0.39 is 35.9 Å². The molecule has 1 atom stereocenters. The van der Waals surface area contributed by atoms with Gasteiger partial charge in [0.15, 0.2) is 5.17 Å². The predicted octanol–water partition coefficient (Wildman–Crippen LogP) is 4.79. The first-order valence-corrected chi connectivity index (χ1v) is 12.5. The zero-order chi connectivity index (χ0) is 27.9. The number of ether oxygens (including phenoxy) is 1. The molecule has 1 N–H and O–H groups in total. The lowest BCUT2D eigenvalue weighted by Gasteiger charge is -2.32. The molecule has 1 amide bonds. The van der Waals surface area contributed by atoms with E-state index in [0.29, 0.717) is 52.3 Å². The zero-order valence-electron chi connectivity index (χ0n) is 20.0. The van der Waals surface area contributed by atoms with E-state index in [-0.39, 0.29) is 24.3 Å². The van der Waals surface area contributed by atoms with E-state index >= 15 is 0 Å². The van der Waals surface area contributed by atoms with Gasteiger partial charge in [0.2, 0.25) is 0 Å². The molecule has 39 heavy (non-hydrogen) atoms. The summed E-state index contributed by atoms with van der Waals surface area (Å²) < 4.78 is 86.3. The van der Waals surface area contributed by atoms with Gasteiger partial charge in [-0.05, 0) is 53.2 Å². The Morgan fingerprint density at radius 1 is 1.10 bits per heavy atom. The van der Waals surface area contributed by atoms with Crippen LogP contribution in [-0.2, 0) is 28.4 Å². The predicted molar refractivity (Wildman–Crippen MR) is 132 cm³/mol. The fourth-order valence-corrected chi connectivity index (χ4v) is 5.27. The number of alkyl halides is 6. The second-order valence-electron chi connectivity index (χ2n) is 8.92. The van der Waals surface area contributed by atoms with Gasteiger partial charge in [-0.3, -0.25) is 9.48 Å². The lowest BCUT2D eigenvalue weighted by atomic mass is 10.0. The van der Waals surface area contributed by atoms with Crippen LogP contribution >= 0.6 is 11.8 Å². The number of nitrogens with zero attached hydrogens (tertiary/aromatic N) is 4. The monoisotopic (exact) mass is 570 g/mol. The highest BCUT2D eigenvalue weighted by molar-refractivity contribution is 8.18. The molecule has 0 spiro atoms. The van der Waals surface area contributed by atoms with Crippen molar-refractivity contribution in [1.82, 2.24) is 14.7 Å². The van der Waals surface area contributed by atoms with Crippen molar-refractivity contribution < 1.29 is 41.0 Å². The van der Waals surface area contributed by atoms with Crippen LogP contribution in [0, 0.1) is 0 Å². The Bertz CT molecular complexity index is 1480. The third-order valence-corrected chi connectivity index (χ3v) is 7.29. The van der Waals surface area contributed by atoms with E-state index in [1.165, 1.54) is 22.6 Å². The number of aliphatic hydroxyl groups is 1. The quantitative estimate of drug-likeness (QED) is 0.359. The number of fused-ring (bicyclic) bond motifs is 1. The summed E-state index contributed by atoms with van der Waals surface area (Å²) in [6, 6.07) is 6.52. The number of thioether (sulfide) groups is 1. The molecule has 0 saturated carbocycles. The van der Waals surface area contributed by atoms with Crippen LogP contribution in [0.15, 0.2) is 52.5 Å². The Kier molecular flexibility index (Phi) is 7.20. The first-order chi connectivity index (χ1) is 18.4. The fourth-order valence-electron chi connectivity index (χ4n) is 4.33. The van der Waals surface area contributed by atoms with Gasteiger partial charge in [0.05, 0.1) is 53.6 Å². The second-order valence-corrected chi connectivity index (χ2v) is 9.93. The number of benzene rings is 2. The molecule has 0 aliphatic carbocycles. The maximum absolute atomic E-state index is 13.6. The maximum Gasteiger partial charge on any atom is 0.416 e. The number of aliphatic imine (C=N–C) groups is 1. The van der Waals surface area contributed by atoms with Crippen LogP contribution in [0.5, 0.6) is 0 Å². The van der Waals surface area contributed by atoms with Gasteiger partial charge in [-0.15, -0.1) is 0 Å². The summed E-state index contributed by atoms with van der Waals surface area (Å²) in [4.78, 5) is 18.8. The number of carbonyl (C=O) groups excluding carboxylic acids is 1. The lowest BCUT2D eigenvalue weighted by Crippen LogP contribution is -2.45. The number of hydrogen-bond donors (Lipinski definition) is 1. The molecule has 2 aliphatic rings. The molecule has 3 heterocycles. The summed E-state index contributed by atoms with van der Waals surface area (Å²) in [5.74, 6) is -0.417. The number of aromatic nitrogens is 2. The molecular formula is C25H20F6N4O3S. The number of morpholine rings is 1. The summed E-state index contributed by atoms with van der Waals surface area (Å²) in [6.45, 7) is 0.799. The van der Waals surface area contributed by atoms with Crippen molar-refractivity contribution in [3.63, 3.8) is 0 Å². The van der Waals surface area contributed by atoms with Crippen LogP contribution in [0.25, 0.3) is 17.0 Å². The normalized spacial score (nSPS) is 19.8. The molecule has 2 aliphatic heterocycles. The smallest absolute Gasteiger partial charge is 0.394 e. The molecule has 1 fully saturated rings. The first kappa shape index (κ1) is 27.2. The van der Waals surface area contributed by atoms with Crippen molar-refractivity contribution in [2.45, 2.75) is 25.0 Å². The van der Waals surface area contributed by atoms with Gasteiger partial charge in [0, 0.05) is 18.5 Å². The molecule has 0 radical (unpaired) electrons. The summed E-state index contributed by atoms with van der Waals surface area (Å²) in [5.41, 5.74) is -2.00. The number of hydrogen-bond acceptors (Lipinski definition) is 6. The average Bonchev–Trinajstić information content (AvgIpc) is 3.45. The van der Waals surface area contributed by atoms with Crippen molar-refractivity contribution >= 4 is 39.8 Å². The molecule has 1 saturated heterocycles. The lowest BCUT2D eigenvalue weighted by molar-refractivity contribution is -0.143. The van der Waals surface area contributed by atoms with Crippen LogP contribution in [0.1, 0.15) is 22.3 Å². The van der Waals surface area contributed by atoms with Crippen LogP contribution in [0.3, 0.4) is 0 Å². The first-order valence-electron chi connectivity index (χ1n) is 11.7. The summed E-state index contributed by atoms with van der Waals surface area (Å²) in [5, 5.41) is 14.6. The number of aliphatic hydroxyl groups excluding tert-OH is 1. The van der Waals surface area contributed by atoms with E-state index in [9.17, 15) is 36.2 Å². The van der Waals surface area contributed by atoms with Gasteiger partial charge in [-0.25, -0.2) is 0 Å². The Labute approximate surface area is 221 Å². The number of rotatable bonds is 4. The van der Waals surface area contributed by atoms with E-state index in [1.54, 1.807) is 24.3 Å². The molecule has 7 nitrogen and oxygen atoms in total. The van der Waals surface area contributed by atoms with Gasteiger partial charge in [-0.1, -0.05) is 12.1 Å². The fraction of sp³-hybridized carbons (Fsp3) is 0.320. The molecule has 206 valence electrons. The van der Waals surface area contributed by atoms with Crippen molar-refractivity contribution in [2.75, 3.05) is 26.3 Å². The van der Waals surface area contributed by atoms with E-state index in [4.69, 9.17) is 4.74 Å². The van der Waals surface area contributed by atoms with Crippen LogP contribution < -0.4 is 0 Å². The number of amidine groups is 1. The summed E-state index contributed by atoms with van der Waals surface area (Å²) >= 11 is 1.19. The second kappa shape index (κ2) is 10.3. The van der Waals surface area contributed by atoms with Crippen molar-refractivity contribution in [1.29, 1.82) is 0 Å². The van der Waals surface area contributed by atoms with E-state index in [1.807, 2.05) is 4.90 Å². The molecule has 0 unspecified atom stereocenters. The third-order valence-electron chi connectivity index (χ3n) is 6.25. The van der Waals surface area contributed by atoms with E-state index in [2.05, 4.69) is 10.1 Å². The molecule has 2 aromatic carbocycles. The minimum Gasteiger partial charge on any atom is -0.394 e. The highest BCUT2D eigenvalue weighted by atomic mass is 32.2. The van der Waals surface area contributed by atoms with Gasteiger partial charge in [0.25, 0.3) is 5.91 Å². The van der Waals surface area contributed by atoms with Crippen LogP contribution in [0.2, 0.25) is 0 Å². The Hall–Kier alpha value is -3.36. The summed E-state index contributed by atoms with van der Waals surface area (Å²) in [6.07, 6.45) is -7.17. The van der Waals surface area contributed by atoms with Gasteiger partial charge in [-0.2, -0.15) is 36.4 Å². The SMILES string of the molecule is O=C1N=C(N2CCO[C@@H](CO)C2)S/C1=C\c1ccc2c(cnn2Cc2ccc(C(F)(F)F)cc2C(F)(F)F)c1. The topological polar surface area (TPSA) is 80.0 Å². The molecule has 5 rings (SSSR count). The minimum atomic E-state index is -4.98.